The van der Waals surface area contributed by atoms with Gasteiger partial charge < -0.3 is 41.9 Å². The van der Waals surface area contributed by atoms with Crippen molar-refractivity contribution < 1.29 is 96.7 Å². The zero-order valence-electron chi connectivity index (χ0n) is 5.11. The Morgan fingerprint density at radius 3 is 0.385 bits per heavy atom. The summed E-state index contributed by atoms with van der Waals surface area (Å²) in [6.45, 7) is 0. The molecule has 9 nitrogen and oxygen atoms in total. The Morgan fingerprint density at radius 1 is 0.385 bits per heavy atom. The van der Waals surface area contributed by atoms with E-state index in [2.05, 4.69) is 0 Å². The summed E-state index contributed by atoms with van der Waals surface area (Å²) in [6, 6.07) is 0. The normalized spacial score (nSPS) is 8.31. The van der Waals surface area contributed by atoms with Crippen LogP contribution in [0.5, 0.6) is 0 Å². The molecule has 0 aromatic rings. The first-order valence-corrected chi connectivity index (χ1v) is 4.17. The molecule has 89 valence electrons. The molecule has 0 aliphatic rings. The first-order chi connectivity index (χ1) is 5.20. The van der Waals surface area contributed by atoms with Crippen LogP contribution in [0.3, 0.4) is 0 Å². The Kier molecular flexibility index (Phi) is 34.7. The van der Waals surface area contributed by atoms with E-state index >= 15 is 0 Å². The zero-order chi connectivity index (χ0) is 10.7. The van der Waals surface area contributed by atoms with E-state index in [0.29, 0.717) is 0 Å². The molecule has 0 saturated heterocycles. The summed E-state index contributed by atoms with van der Waals surface area (Å²) in [6.07, 6.45) is 0. The number of halogens is 3. The molecule has 0 N–H and O–H groups in total. The maximum atomic E-state index is 8.41. The van der Waals surface area contributed by atoms with Crippen LogP contribution in [-0.4, -0.2) is 0 Å². The van der Waals surface area contributed by atoms with Crippen molar-refractivity contribution >= 4 is 0 Å². The van der Waals surface area contributed by atoms with Gasteiger partial charge in [-0.1, -0.05) is 0 Å². The molecule has 0 amide bonds. The molecule has 0 aliphatic carbocycles. The van der Waals surface area contributed by atoms with E-state index in [1.54, 1.807) is 0 Å². The molecule has 0 aliphatic heterocycles. The minimum absolute atomic E-state index is 0. The molecule has 0 aromatic carbocycles. The number of rotatable bonds is 0. The molecule has 0 spiro atoms. The second kappa shape index (κ2) is 18.9. The Hall–Kier alpha value is 1.25. The first kappa shape index (κ1) is 23.8. The van der Waals surface area contributed by atoms with Gasteiger partial charge in [-0.05, 0) is 0 Å². The molecule has 13 heteroatoms. The molecule has 0 heterocycles. The van der Waals surface area contributed by atoms with E-state index in [9.17, 15) is 0 Å². The average Bonchev–Trinajstić information content (AvgIpc) is 1.54. The molecule has 0 aromatic heterocycles. The van der Waals surface area contributed by atoms with Crippen LogP contribution < -0.4 is 41.9 Å². The second-order valence-corrected chi connectivity index (χ2v) is 1.70. The van der Waals surface area contributed by atoms with Crippen LogP contribution in [0, 0.1) is 32.4 Å². The van der Waals surface area contributed by atoms with Gasteiger partial charge in [0.1, 0.15) is 0 Å². The molecular formula is AgCl3O9-3. The minimum atomic E-state index is -2.85. The Morgan fingerprint density at radius 2 is 0.385 bits per heavy atom. The topological polar surface area (TPSA) is 208 Å². The number of hydrogen-bond acceptors (Lipinski definition) is 9. The van der Waals surface area contributed by atoms with Crippen molar-refractivity contribution in [3.63, 3.8) is 0 Å². The van der Waals surface area contributed by atoms with Crippen LogP contribution in [0.15, 0.2) is 0 Å². The van der Waals surface area contributed by atoms with Crippen molar-refractivity contribution in [1.82, 2.24) is 0 Å². The second-order valence-electron chi connectivity index (χ2n) is 0.567. The molecular weight excluding hydrogens is 358 g/mol. The largest absolute Gasteiger partial charge is 0.357 e. The molecule has 0 saturated carbocycles. The number of hydrogen-bond donors (Lipinski definition) is 0. The van der Waals surface area contributed by atoms with E-state index in [0.717, 1.165) is 0 Å². The van der Waals surface area contributed by atoms with E-state index in [4.69, 9.17) is 41.9 Å². The molecule has 0 unspecified atom stereocenters. The summed E-state index contributed by atoms with van der Waals surface area (Å²) in [4.78, 5) is 0. The molecule has 1 radical (unpaired) electrons. The third-order valence-corrected chi connectivity index (χ3v) is 0. The summed E-state index contributed by atoms with van der Waals surface area (Å²) in [7, 11) is -8.56. The van der Waals surface area contributed by atoms with Crippen LogP contribution in [0.4, 0.5) is 0 Å². The summed E-state index contributed by atoms with van der Waals surface area (Å²) in [5.41, 5.74) is 0. The van der Waals surface area contributed by atoms with Gasteiger partial charge in [0.2, 0.25) is 0 Å². The van der Waals surface area contributed by atoms with Crippen molar-refractivity contribution in [3.8, 4) is 0 Å². The van der Waals surface area contributed by atoms with Gasteiger partial charge in [0.25, 0.3) is 0 Å². The van der Waals surface area contributed by atoms with Crippen LogP contribution in [0.25, 0.3) is 0 Å². The Labute approximate surface area is 96.6 Å². The van der Waals surface area contributed by atoms with Crippen LogP contribution in [0.1, 0.15) is 0 Å². The fourth-order valence-corrected chi connectivity index (χ4v) is 0. The zero-order valence-corrected chi connectivity index (χ0v) is 8.86. The molecule has 0 fully saturated rings. The summed E-state index contributed by atoms with van der Waals surface area (Å²) < 4.78 is 75.7. The van der Waals surface area contributed by atoms with Crippen LogP contribution >= 0.6 is 0 Å². The first-order valence-electron chi connectivity index (χ1n) is 1.39. The van der Waals surface area contributed by atoms with E-state index in [1.807, 2.05) is 0 Å². The molecule has 0 bridgehead atoms. The third-order valence-electron chi connectivity index (χ3n) is 0. The van der Waals surface area contributed by atoms with Crippen molar-refractivity contribution in [2.45, 2.75) is 0 Å². The fraction of sp³-hybridized carbons (Fsp3) is 0. The van der Waals surface area contributed by atoms with Crippen molar-refractivity contribution in [2.75, 3.05) is 0 Å². The quantitative estimate of drug-likeness (QED) is 0.376. The van der Waals surface area contributed by atoms with Gasteiger partial charge in [-0.25, -0.2) is 0 Å². The monoisotopic (exact) mass is 356 g/mol. The Balaban J connectivity index is -0.0000000450. The van der Waals surface area contributed by atoms with Gasteiger partial charge in [0.15, 0.2) is 0 Å². The predicted molar refractivity (Wildman–Crippen MR) is 0 cm³/mol. The average molecular weight is 358 g/mol. The van der Waals surface area contributed by atoms with Gasteiger partial charge in [-0.3, -0.25) is 0 Å². The van der Waals surface area contributed by atoms with Gasteiger partial charge in [0.05, 0.1) is 32.4 Å². The van der Waals surface area contributed by atoms with E-state index < -0.39 is 32.4 Å². The van der Waals surface area contributed by atoms with Gasteiger partial charge in [-0.15, -0.1) is 0 Å². The fourth-order valence-electron chi connectivity index (χ4n) is 0. The smallest absolute Gasteiger partial charge is 0.0695 e. The Bertz CT molecular complexity index is 43.4. The van der Waals surface area contributed by atoms with Crippen molar-refractivity contribution in [3.05, 3.63) is 0 Å². The maximum absolute atomic E-state index is 8.41. The van der Waals surface area contributed by atoms with Crippen molar-refractivity contribution in [1.29, 1.82) is 0 Å². The van der Waals surface area contributed by atoms with E-state index in [1.165, 1.54) is 0 Å². The van der Waals surface area contributed by atoms with Crippen LogP contribution in [0.2, 0.25) is 0 Å². The standard InChI is InChI=1S/Ag.3ClO3/c;3*2-1(3)4/q;3*-1. The summed E-state index contributed by atoms with van der Waals surface area (Å²) in [5.74, 6) is 0. The minimum Gasteiger partial charge on any atom is -0.357 e. The van der Waals surface area contributed by atoms with Gasteiger partial charge >= 0.3 is 0 Å². The molecule has 0 rings (SSSR count). The summed E-state index contributed by atoms with van der Waals surface area (Å²) >= 11 is 0. The maximum Gasteiger partial charge on any atom is 0.0695 e. The summed E-state index contributed by atoms with van der Waals surface area (Å²) in [5, 5.41) is 0. The van der Waals surface area contributed by atoms with Crippen LogP contribution in [-0.2, 0) is 22.4 Å². The SMILES string of the molecule is [Ag].[O-][Cl+2]([O-])[O-].[O-][Cl+2]([O-])[O-].[O-][Cl+2]([O-])[O-]. The molecule has 13 heavy (non-hydrogen) atoms. The van der Waals surface area contributed by atoms with Gasteiger partial charge in [-0.2, -0.15) is 0 Å². The predicted octanol–water partition coefficient (Wildman–Crippen LogP) is -10.7. The molecule has 0 atom stereocenters. The van der Waals surface area contributed by atoms with Crippen molar-refractivity contribution in [2.24, 2.45) is 0 Å². The third kappa shape index (κ3) is 1070. The van der Waals surface area contributed by atoms with E-state index in [-0.39, 0.29) is 22.4 Å². The van der Waals surface area contributed by atoms with Gasteiger partial charge in [0, 0.05) is 22.4 Å².